The van der Waals surface area contributed by atoms with Gasteiger partial charge in [0.05, 0.1) is 19.0 Å². The van der Waals surface area contributed by atoms with Crippen molar-refractivity contribution in [2.24, 2.45) is 22.2 Å². The molecule has 13 N–H and O–H groups in total. The molecule has 0 aliphatic carbocycles. The van der Waals surface area contributed by atoms with Crippen LogP contribution in [-0.4, -0.2) is 124 Å². The summed E-state index contributed by atoms with van der Waals surface area (Å²) in [6.45, 7) is 4.13. The van der Waals surface area contributed by atoms with Gasteiger partial charge in [0, 0.05) is 60.2 Å². The van der Waals surface area contributed by atoms with Crippen molar-refractivity contribution in [3.63, 3.8) is 0 Å². The van der Waals surface area contributed by atoms with Crippen LogP contribution in [0.3, 0.4) is 0 Å². The minimum absolute atomic E-state index is 0.0363. The van der Waals surface area contributed by atoms with Crippen LogP contribution in [0.4, 0.5) is 0 Å². The fourth-order valence-corrected chi connectivity index (χ4v) is 8.65. The number of guanidine groups is 1. The van der Waals surface area contributed by atoms with Gasteiger partial charge in [0.2, 0.25) is 35.4 Å². The molecule has 310 valence electrons. The number of amides is 6. The quantitative estimate of drug-likeness (QED) is 0.0592. The van der Waals surface area contributed by atoms with Crippen molar-refractivity contribution >= 4 is 79.9 Å². The molecule has 1 unspecified atom stereocenters. The van der Waals surface area contributed by atoms with Crippen LogP contribution in [0.25, 0.3) is 10.9 Å². The first-order valence-corrected chi connectivity index (χ1v) is 21.0. The molecule has 2 aliphatic rings. The average Bonchev–Trinajstić information content (AvgIpc) is 3.82. The van der Waals surface area contributed by atoms with Gasteiger partial charge in [-0.25, -0.2) is 0 Å². The van der Waals surface area contributed by atoms with Gasteiger partial charge in [-0.1, -0.05) is 46.4 Å². The number of nitrogens with zero attached hydrogens (tertiary/aromatic N) is 2. The summed E-state index contributed by atoms with van der Waals surface area (Å²) in [6.07, 6.45) is 3.27. The summed E-state index contributed by atoms with van der Waals surface area (Å²) in [7, 11) is 2.56. The fraction of sp³-hybridized carbons (Fsp3) is 0.500. The molecule has 5 atom stereocenters. The van der Waals surface area contributed by atoms with Crippen LogP contribution in [0.5, 0.6) is 0 Å². The van der Waals surface area contributed by atoms with Crippen LogP contribution in [0.2, 0.25) is 0 Å². The van der Waals surface area contributed by atoms with Crippen LogP contribution >= 0.6 is 21.6 Å². The van der Waals surface area contributed by atoms with E-state index in [1.807, 2.05) is 24.3 Å². The molecule has 0 bridgehead atoms. The van der Waals surface area contributed by atoms with Crippen molar-refractivity contribution in [3.8, 4) is 0 Å². The van der Waals surface area contributed by atoms with Gasteiger partial charge in [-0.3, -0.25) is 38.6 Å². The van der Waals surface area contributed by atoms with Crippen molar-refractivity contribution in [1.29, 1.82) is 0 Å². The Kier molecular flexibility index (Phi) is 16.9. The molecule has 2 saturated heterocycles. The first-order valence-electron chi connectivity index (χ1n) is 18.5. The van der Waals surface area contributed by atoms with Gasteiger partial charge in [-0.05, 0) is 43.7 Å². The number of carboxylic acids is 1. The summed E-state index contributed by atoms with van der Waals surface area (Å²) in [6, 6.07) is 1.77. The Morgan fingerprint density at radius 3 is 2.42 bits per heavy atom. The van der Waals surface area contributed by atoms with Gasteiger partial charge >= 0.3 is 5.97 Å². The van der Waals surface area contributed by atoms with E-state index in [1.54, 1.807) is 6.20 Å². The second-order valence-corrected chi connectivity index (χ2v) is 16.3. The smallest absolute Gasteiger partial charge is 0.305 e. The molecule has 0 spiro atoms. The van der Waals surface area contributed by atoms with Gasteiger partial charge in [0.1, 0.15) is 24.2 Å². The van der Waals surface area contributed by atoms with E-state index in [0.29, 0.717) is 49.2 Å². The monoisotopic (exact) mass is 829 g/mol. The molecule has 2 aromatic rings. The van der Waals surface area contributed by atoms with Crippen LogP contribution in [0.1, 0.15) is 50.5 Å². The predicted octanol–water partition coefficient (Wildman–Crippen LogP) is -1.07. The van der Waals surface area contributed by atoms with Crippen LogP contribution in [-0.2, 0) is 40.0 Å². The highest BCUT2D eigenvalue weighted by atomic mass is 33.1. The van der Waals surface area contributed by atoms with E-state index in [-0.39, 0.29) is 43.4 Å². The third kappa shape index (κ3) is 13.6. The normalized spacial score (nSPS) is 23.6. The fourth-order valence-electron chi connectivity index (χ4n) is 6.48. The molecule has 1 aromatic carbocycles. The maximum Gasteiger partial charge on any atom is 0.305 e. The Morgan fingerprint density at radius 1 is 0.930 bits per heavy atom. The van der Waals surface area contributed by atoms with Gasteiger partial charge in [-0.2, -0.15) is 0 Å². The van der Waals surface area contributed by atoms with Crippen LogP contribution in [0.15, 0.2) is 47.7 Å². The average molecular weight is 830 g/mol. The van der Waals surface area contributed by atoms with Crippen molar-refractivity contribution < 1.29 is 38.7 Å². The molecule has 0 radical (unpaired) electrons. The molecule has 4 rings (SSSR count). The number of aromatic amines is 1. The summed E-state index contributed by atoms with van der Waals surface area (Å²) >= 11 is 0. The molecule has 6 amide bonds. The van der Waals surface area contributed by atoms with Gasteiger partial charge < -0.3 is 58.8 Å². The van der Waals surface area contributed by atoms with Crippen molar-refractivity contribution in [2.45, 2.75) is 81.6 Å². The Morgan fingerprint density at radius 2 is 1.68 bits per heavy atom. The lowest BCUT2D eigenvalue weighted by molar-refractivity contribution is -0.143. The number of benzene rings is 1. The lowest BCUT2D eigenvalue weighted by Crippen LogP contribution is -2.59. The van der Waals surface area contributed by atoms with Crippen LogP contribution in [0, 0.1) is 0 Å². The van der Waals surface area contributed by atoms with E-state index in [1.165, 1.54) is 26.5 Å². The number of carbonyl (C=O) groups excluding carboxylic acids is 6. The van der Waals surface area contributed by atoms with E-state index >= 15 is 0 Å². The first kappa shape index (κ1) is 44.3. The zero-order chi connectivity index (χ0) is 41.5. The second kappa shape index (κ2) is 21.8. The molecule has 1 aromatic heterocycles. The van der Waals surface area contributed by atoms with E-state index < -0.39 is 78.7 Å². The number of rotatable bonds is 10. The number of unbranched alkanes of at least 4 members (excludes halogenated alkanes) is 1. The number of fused-ring (bicyclic) bond motifs is 2. The number of hydrogen-bond acceptors (Lipinski definition) is 11. The van der Waals surface area contributed by atoms with Crippen molar-refractivity contribution in [1.82, 2.24) is 36.5 Å². The number of aliphatic imine (C=N–C) groups is 1. The molecule has 3 heterocycles. The largest absolute Gasteiger partial charge is 0.481 e. The highest BCUT2D eigenvalue weighted by molar-refractivity contribution is 8.76. The standard InChI is InChI=1S/C36H51N11O8S2/c1-20-23(8-4-5-12-40-36(38)39)43-29(48)11-14-56-57-19-27(32(37)52)46-34(54)28-10-6-13-47(28)35(55)26(15-21-17-42-24-9-3-2-7-22(21)24)45-33(53)25(16-31(50)51)44-30(49)18-41-20/h2-3,7,9,17,23,25-28,41-42H,1,4-6,8,10-16,18-19H2,(H2,37,52)(H,43,48)(H,44,49)(H,45,53)(H,46,54)(H,50,51)(H4,38,39,40)/t23?,25-,26-,27-,28-/m0/s1. The number of aromatic nitrogens is 1. The van der Waals surface area contributed by atoms with Gasteiger partial charge in [-0.15, -0.1) is 0 Å². The number of para-hydroxylation sites is 1. The second-order valence-electron chi connectivity index (χ2n) is 13.7. The SMILES string of the molecule is C=C1NCC(=O)N[C@@H](CC(=O)O)C(=O)N[C@@H](Cc2c[nH]c3ccccc23)C(=O)N2CCC[C@H]2C(=O)N[C@H](C(N)=O)CSSCCC(=O)NC1CCCCN=C(N)N. The molecular weight excluding hydrogens is 779 g/mol. The highest BCUT2D eigenvalue weighted by Crippen LogP contribution is 2.25. The summed E-state index contributed by atoms with van der Waals surface area (Å²) in [5.41, 5.74) is 18.2. The summed E-state index contributed by atoms with van der Waals surface area (Å²) < 4.78 is 0. The predicted molar refractivity (Wildman–Crippen MR) is 217 cm³/mol. The third-order valence-electron chi connectivity index (χ3n) is 9.40. The zero-order valence-corrected chi connectivity index (χ0v) is 33.1. The van der Waals surface area contributed by atoms with Gasteiger partial charge in [0.15, 0.2) is 5.96 Å². The lowest BCUT2D eigenvalue weighted by Gasteiger charge is -2.30. The highest BCUT2D eigenvalue weighted by Gasteiger charge is 2.40. The zero-order valence-electron chi connectivity index (χ0n) is 31.4. The minimum atomic E-state index is -1.60. The Bertz CT molecular complexity index is 1840. The van der Waals surface area contributed by atoms with E-state index in [0.717, 1.165) is 10.9 Å². The Labute approximate surface area is 337 Å². The number of nitrogens with two attached hydrogens (primary N) is 3. The lowest BCUT2D eigenvalue weighted by atomic mass is 10.0. The summed E-state index contributed by atoms with van der Waals surface area (Å²) in [4.78, 5) is 101. The number of carboxylic acid groups (broad SMARTS) is 1. The van der Waals surface area contributed by atoms with E-state index in [2.05, 4.69) is 43.1 Å². The van der Waals surface area contributed by atoms with E-state index in [4.69, 9.17) is 17.2 Å². The van der Waals surface area contributed by atoms with Crippen LogP contribution < -0.4 is 43.8 Å². The van der Waals surface area contributed by atoms with Crippen molar-refractivity contribution in [2.75, 3.05) is 31.1 Å². The first-order chi connectivity index (χ1) is 27.2. The molecule has 2 fully saturated rings. The number of H-pyrrole nitrogens is 1. The molecular formula is C36H51N11O8S2. The maximum absolute atomic E-state index is 14.4. The number of hydrogen-bond donors (Lipinski definition) is 10. The van der Waals surface area contributed by atoms with Gasteiger partial charge in [0.25, 0.3) is 0 Å². The number of aliphatic carboxylic acids is 1. The number of nitrogens with one attached hydrogen (secondary N) is 6. The topological polar surface area (TPSA) is 309 Å². The maximum atomic E-state index is 14.4. The third-order valence-corrected chi connectivity index (χ3v) is 11.8. The summed E-state index contributed by atoms with van der Waals surface area (Å²) in [5, 5.41) is 24.1. The number of carbonyl (C=O) groups is 7. The summed E-state index contributed by atoms with van der Waals surface area (Å²) in [5.74, 6) is -4.96. The molecule has 57 heavy (non-hydrogen) atoms. The molecule has 19 nitrogen and oxygen atoms in total. The van der Waals surface area contributed by atoms with E-state index in [9.17, 15) is 38.7 Å². The number of primary amides is 1. The Balaban J connectivity index is 1.61. The van der Waals surface area contributed by atoms with Crippen molar-refractivity contribution in [3.05, 3.63) is 48.3 Å². The minimum Gasteiger partial charge on any atom is -0.481 e. The molecule has 2 aliphatic heterocycles. The molecule has 21 heteroatoms. The Hall–Kier alpha value is -5.44. The molecule has 0 saturated carbocycles.